The molecule has 0 aliphatic carbocycles. The Labute approximate surface area is 156 Å². The van der Waals surface area contributed by atoms with Gasteiger partial charge < -0.3 is 9.88 Å². The number of halogens is 1. The van der Waals surface area contributed by atoms with Gasteiger partial charge in [-0.1, -0.05) is 42.5 Å². The van der Waals surface area contributed by atoms with Gasteiger partial charge in [-0.3, -0.25) is 4.79 Å². The average Bonchev–Trinajstić information content (AvgIpc) is 3.28. The molecular weight excluding hydrogens is 339 g/mol. The van der Waals surface area contributed by atoms with Crippen molar-refractivity contribution in [2.75, 3.05) is 0 Å². The van der Waals surface area contributed by atoms with E-state index < -0.39 is 0 Å². The number of amides is 1. The number of H-pyrrole nitrogens is 1. The highest BCUT2D eigenvalue weighted by Crippen LogP contribution is 2.28. The molecule has 1 amide bonds. The van der Waals surface area contributed by atoms with E-state index in [1.807, 2.05) is 60.8 Å². The average molecular weight is 356 g/mol. The van der Waals surface area contributed by atoms with Crippen LogP contribution in [0.5, 0.6) is 0 Å². The molecule has 0 saturated carbocycles. The maximum atomic E-state index is 14.8. The fourth-order valence-electron chi connectivity index (χ4n) is 3.73. The normalized spacial score (nSPS) is 13.4. The van der Waals surface area contributed by atoms with Gasteiger partial charge in [-0.2, -0.15) is 0 Å². The lowest BCUT2D eigenvalue weighted by molar-refractivity contribution is 0.0765. The van der Waals surface area contributed by atoms with Gasteiger partial charge in [-0.05, 0) is 46.3 Å². The number of nitrogens with one attached hydrogen (secondary N) is 1. The molecule has 132 valence electrons. The van der Waals surface area contributed by atoms with Crippen LogP contribution >= 0.6 is 0 Å². The van der Waals surface area contributed by atoms with Gasteiger partial charge in [-0.25, -0.2) is 4.39 Å². The van der Waals surface area contributed by atoms with E-state index in [1.54, 1.807) is 17.0 Å². The van der Waals surface area contributed by atoms with E-state index >= 15 is 0 Å². The largest absolute Gasteiger partial charge is 0.361 e. The smallest absolute Gasteiger partial charge is 0.254 e. The van der Waals surface area contributed by atoms with Gasteiger partial charge in [0, 0.05) is 35.9 Å². The summed E-state index contributed by atoms with van der Waals surface area (Å²) in [6.07, 6.45) is 1.89. The quantitative estimate of drug-likeness (QED) is 0.543. The van der Waals surface area contributed by atoms with Crippen LogP contribution in [0.15, 0.2) is 72.9 Å². The van der Waals surface area contributed by atoms with Crippen molar-refractivity contribution in [3.63, 3.8) is 0 Å². The first kappa shape index (κ1) is 15.8. The third-order valence-corrected chi connectivity index (χ3v) is 5.20. The van der Waals surface area contributed by atoms with Crippen LogP contribution in [0.3, 0.4) is 0 Å². The van der Waals surface area contributed by atoms with Crippen molar-refractivity contribution in [3.8, 4) is 11.1 Å². The molecule has 0 saturated heterocycles. The minimum absolute atomic E-state index is 0.0359. The molecule has 3 aromatic carbocycles. The molecule has 1 N–H and O–H groups in total. The molecule has 27 heavy (non-hydrogen) atoms. The van der Waals surface area contributed by atoms with Crippen LogP contribution in [-0.4, -0.2) is 15.8 Å². The van der Waals surface area contributed by atoms with E-state index in [9.17, 15) is 9.18 Å². The predicted molar refractivity (Wildman–Crippen MR) is 104 cm³/mol. The van der Waals surface area contributed by atoms with Crippen LogP contribution in [-0.2, 0) is 13.1 Å². The standard InChI is InChI=1S/C23H17FN2O/c24-21-11-16(17-6-5-15-9-10-25-22(15)12-17)7-8-19(21)14-26-13-18-3-1-2-4-20(18)23(26)27/h1-12,25H,13-14H2. The van der Waals surface area contributed by atoms with Crippen molar-refractivity contribution in [1.82, 2.24) is 9.88 Å². The van der Waals surface area contributed by atoms with E-state index in [2.05, 4.69) is 4.98 Å². The fraction of sp³-hybridized carbons (Fsp3) is 0.0870. The zero-order chi connectivity index (χ0) is 18.4. The van der Waals surface area contributed by atoms with Crippen molar-refractivity contribution in [2.45, 2.75) is 13.1 Å². The van der Waals surface area contributed by atoms with E-state index in [4.69, 9.17) is 0 Å². The van der Waals surface area contributed by atoms with Crippen molar-refractivity contribution < 1.29 is 9.18 Å². The molecule has 0 fully saturated rings. The van der Waals surface area contributed by atoms with Crippen LogP contribution < -0.4 is 0 Å². The molecule has 0 bridgehead atoms. The number of rotatable bonds is 3. The molecule has 3 nitrogen and oxygen atoms in total. The Balaban J connectivity index is 1.41. The molecule has 1 aliphatic rings. The van der Waals surface area contributed by atoms with Gasteiger partial charge in [-0.15, -0.1) is 0 Å². The molecule has 0 atom stereocenters. The van der Waals surface area contributed by atoms with Crippen LogP contribution in [0.25, 0.3) is 22.0 Å². The lowest BCUT2D eigenvalue weighted by Crippen LogP contribution is -2.23. The first-order chi connectivity index (χ1) is 13.2. The summed E-state index contributed by atoms with van der Waals surface area (Å²) in [4.78, 5) is 17.4. The second kappa shape index (κ2) is 6.09. The molecule has 5 rings (SSSR count). The molecule has 1 aliphatic heterocycles. The van der Waals surface area contributed by atoms with E-state index in [0.29, 0.717) is 17.7 Å². The van der Waals surface area contributed by atoms with E-state index in [0.717, 1.165) is 27.6 Å². The van der Waals surface area contributed by atoms with Gasteiger partial charge >= 0.3 is 0 Å². The number of hydrogen-bond donors (Lipinski definition) is 1. The zero-order valence-electron chi connectivity index (χ0n) is 14.6. The Morgan fingerprint density at radius 1 is 0.963 bits per heavy atom. The second-order valence-corrected chi connectivity index (χ2v) is 6.90. The third-order valence-electron chi connectivity index (χ3n) is 5.20. The predicted octanol–water partition coefficient (Wildman–Crippen LogP) is 5.13. The Kier molecular flexibility index (Phi) is 3.57. The van der Waals surface area contributed by atoms with Gasteiger partial charge in [0.15, 0.2) is 0 Å². The summed E-state index contributed by atoms with van der Waals surface area (Å²) in [6.45, 7) is 0.801. The Morgan fingerprint density at radius 2 is 1.78 bits per heavy atom. The number of nitrogens with zero attached hydrogens (tertiary/aromatic N) is 1. The fourth-order valence-corrected chi connectivity index (χ4v) is 3.73. The summed E-state index contributed by atoms with van der Waals surface area (Å²) in [5.74, 6) is -0.325. The van der Waals surface area contributed by atoms with Gasteiger partial charge in [0.25, 0.3) is 5.91 Å². The summed E-state index contributed by atoms with van der Waals surface area (Å²) >= 11 is 0. The number of fused-ring (bicyclic) bond motifs is 2. The number of carbonyl (C=O) groups is 1. The number of aromatic nitrogens is 1. The topological polar surface area (TPSA) is 36.1 Å². The maximum Gasteiger partial charge on any atom is 0.254 e. The monoisotopic (exact) mass is 356 g/mol. The first-order valence-corrected chi connectivity index (χ1v) is 8.92. The molecular formula is C23H17FN2O. The molecule has 0 radical (unpaired) electrons. The molecule has 2 heterocycles. The molecule has 0 unspecified atom stereocenters. The molecule has 4 aromatic rings. The summed E-state index contributed by atoms with van der Waals surface area (Å²) in [5, 5.41) is 1.13. The van der Waals surface area contributed by atoms with Gasteiger partial charge in [0.2, 0.25) is 0 Å². The summed E-state index contributed by atoms with van der Waals surface area (Å²) in [6, 6.07) is 20.8. The highest BCUT2D eigenvalue weighted by atomic mass is 19.1. The number of aromatic amines is 1. The summed E-state index contributed by atoms with van der Waals surface area (Å²) in [5.41, 5.74) is 5.05. The van der Waals surface area contributed by atoms with Crippen LogP contribution in [0, 0.1) is 5.82 Å². The molecule has 4 heteroatoms. The minimum Gasteiger partial charge on any atom is -0.361 e. The van der Waals surface area contributed by atoms with Crippen molar-refractivity contribution in [1.29, 1.82) is 0 Å². The van der Waals surface area contributed by atoms with Crippen molar-refractivity contribution in [3.05, 3.63) is 95.4 Å². The van der Waals surface area contributed by atoms with Crippen LogP contribution in [0.2, 0.25) is 0 Å². The Morgan fingerprint density at radius 3 is 2.63 bits per heavy atom. The maximum absolute atomic E-state index is 14.8. The lowest BCUT2D eigenvalue weighted by atomic mass is 10.0. The lowest BCUT2D eigenvalue weighted by Gasteiger charge is -2.16. The molecule has 1 aromatic heterocycles. The highest BCUT2D eigenvalue weighted by molar-refractivity contribution is 5.98. The zero-order valence-corrected chi connectivity index (χ0v) is 14.6. The Hall–Kier alpha value is -3.40. The van der Waals surface area contributed by atoms with E-state index in [-0.39, 0.29) is 18.3 Å². The first-order valence-electron chi connectivity index (χ1n) is 8.92. The Bertz CT molecular complexity index is 1180. The van der Waals surface area contributed by atoms with Gasteiger partial charge in [0.1, 0.15) is 5.82 Å². The minimum atomic E-state index is -0.289. The number of hydrogen-bond acceptors (Lipinski definition) is 1. The van der Waals surface area contributed by atoms with Gasteiger partial charge in [0.05, 0.1) is 0 Å². The van der Waals surface area contributed by atoms with Crippen molar-refractivity contribution in [2.24, 2.45) is 0 Å². The summed E-state index contributed by atoms with van der Waals surface area (Å²) in [7, 11) is 0. The number of benzene rings is 3. The van der Waals surface area contributed by atoms with Crippen LogP contribution in [0.1, 0.15) is 21.5 Å². The van der Waals surface area contributed by atoms with Crippen LogP contribution in [0.4, 0.5) is 4.39 Å². The van der Waals surface area contributed by atoms with E-state index in [1.165, 1.54) is 0 Å². The second-order valence-electron chi connectivity index (χ2n) is 6.90. The highest BCUT2D eigenvalue weighted by Gasteiger charge is 2.27. The van der Waals surface area contributed by atoms with Crippen molar-refractivity contribution >= 4 is 16.8 Å². The molecule has 0 spiro atoms. The SMILES string of the molecule is O=C1c2ccccc2CN1Cc1ccc(-c2ccc3cc[nH]c3c2)cc1F. The third kappa shape index (κ3) is 2.70. The number of carbonyl (C=O) groups excluding carboxylic acids is 1. The summed E-state index contributed by atoms with van der Waals surface area (Å²) < 4.78 is 14.8.